The molecule has 1 aliphatic rings. The lowest BCUT2D eigenvalue weighted by Crippen LogP contribution is -2.35. The molecule has 74 valence electrons. The molecule has 14 heavy (non-hydrogen) atoms. The first-order chi connectivity index (χ1) is 6.70. The largest absolute Gasteiger partial charge is 0.351 e. The lowest BCUT2D eigenvalue weighted by molar-refractivity contribution is 0.330. The third kappa shape index (κ3) is 1.66. The first-order valence-electron chi connectivity index (χ1n) is 4.77. The number of hydrogen-bond acceptors (Lipinski definition) is 1. The van der Waals surface area contributed by atoms with E-state index in [1.165, 1.54) is 11.1 Å². The Morgan fingerprint density at radius 1 is 1.50 bits per heavy atom. The number of hydrogen-bond donors (Lipinski definition) is 1. The van der Waals surface area contributed by atoms with E-state index in [1.807, 2.05) is 0 Å². The van der Waals surface area contributed by atoms with Gasteiger partial charge < -0.3 is 4.90 Å². The van der Waals surface area contributed by atoms with Gasteiger partial charge in [0.1, 0.15) is 4.32 Å². The van der Waals surface area contributed by atoms with Crippen molar-refractivity contribution in [1.29, 1.82) is 0 Å². The van der Waals surface area contributed by atoms with Crippen LogP contribution < -0.4 is 0 Å². The van der Waals surface area contributed by atoms with Crippen molar-refractivity contribution >= 4 is 29.2 Å². The van der Waals surface area contributed by atoms with Crippen molar-refractivity contribution in [3.8, 4) is 0 Å². The summed E-state index contributed by atoms with van der Waals surface area (Å²) < 4.78 is 0.701. The minimum absolute atomic E-state index is 0.366. The molecule has 0 fully saturated rings. The second kappa shape index (κ2) is 3.91. The SMILES string of the molecule is CC1c2ccccc2CCN1C(=S)S. The third-order valence-corrected chi connectivity index (χ3v) is 3.33. The number of fused-ring (bicyclic) bond motifs is 1. The Bertz CT molecular complexity index is 362. The van der Waals surface area contributed by atoms with Crippen LogP contribution in [0.3, 0.4) is 0 Å². The van der Waals surface area contributed by atoms with Gasteiger partial charge in [0.05, 0.1) is 6.04 Å². The van der Waals surface area contributed by atoms with Crippen LogP contribution in [0.15, 0.2) is 24.3 Å². The molecular formula is C11H13NS2. The summed E-state index contributed by atoms with van der Waals surface area (Å²) in [5, 5.41) is 0. The molecule has 1 aliphatic heterocycles. The second-order valence-corrected chi connectivity index (χ2v) is 4.71. The van der Waals surface area contributed by atoms with E-state index in [1.54, 1.807) is 0 Å². The molecule has 1 heterocycles. The van der Waals surface area contributed by atoms with Crippen molar-refractivity contribution in [2.75, 3.05) is 6.54 Å². The quantitative estimate of drug-likeness (QED) is 0.532. The normalized spacial score (nSPS) is 20.4. The summed E-state index contributed by atoms with van der Waals surface area (Å²) in [7, 11) is 0. The Balaban J connectivity index is 2.36. The highest BCUT2D eigenvalue weighted by Gasteiger charge is 2.23. The van der Waals surface area contributed by atoms with Crippen LogP contribution in [0.25, 0.3) is 0 Å². The van der Waals surface area contributed by atoms with Crippen LogP contribution in [0, 0.1) is 0 Å². The molecule has 0 radical (unpaired) electrons. The van der Waals surface area contributed by atoms with Gasteiger partial charge in [0, 0.05) is 6.54 Å². The first kappa shape index (κ1) is 9.99. The Labute approximate surface area is 95.5 Å². The second-order valence-electron chi connectivity index (χ2n) is 3.60. The molecule has 1 aromatic carbocycles. The Morgan fingerprint density at radius 3 is 2.93 bits per heavy atom. The van der Waals surface area contributed by atoms with Gasteiger partial charge in [-0.2, -0.15) is 0 Å². The lowest BCUT2D eigenvalue weighted by Gasteiger charge is -2.35. The molecule has 3 heteroatoms. The number of nitrogens with zero attached hydrogens (tertiary/aromatic N) is 1. The van der Waals surface area contributed by atoms with Crippen LogP contribution in [0.2, 0.25) is 0 Å². The number of thiol groups is 1. The summed E-state index contributed by atoms with van der Waals surface area (Å²) in [6.07, 6.45) is 1.07. The Morgan fingerprint density at radius 2 is 2.21 bits per heavy atom. The fourth-order valence-corrected chi connectivity index (χ4v) is 2.56. The van der Waals surface area contributed by atoms with Crippen molar-refractivity contribution < 1.29 is 0 Å². The highest BCUT2D eigenvalue weighted by Crippen LogP contribution is 2.29. The van der Waals surface area contributed by atoms with Crippen molar-refractivity contribution in [2.45, 2.75) is 19.4 Å². The zero-order valence-corrected chi connectivity index (χ0v) is 9.81. The summed E-state index contributed by atoms with van der Waals surface area (Å²) >= 11 is 9.36. The van der Waals surface area contributed by atoms with Gasteiger partial charge in [0.15, 0.2) is 0 Å². The molecule has 0 aliphatic carbocycles. The third-order valence-electron chi connectivity index (χ3n) is 2.84. The van der Waals surface area contributed by atoms with E-state index in [0.29, 0.717) is 10.4 Å². The number of rotatable bonds is 0. The molecule has 0 aromatic heterocycles. The highest BCUT2D eigenvalue weighted by molar-refractivity contribution is 8.10. The average Bonchev–Trinajstić information content (AvgIpc) is 2.18. The van der Waals surface area contributed by atoms with E-state index >= 15 is 0 Å². The molecule has 2 rings (SSSR count). The number of thiocarbonyl (C=S) groups is 1. The van der Waals surface area contributed by atoms with Gasteiger partial charge in [-0.25, -0.2) is 0 Å². The average molecular weight is 223 g/mol. The summed E-state index contributed by atoms with van der Waals surface area (Å²) in [5.74, 6) is 0. The highest BCUT2D eigenvalue weighted by atomic mass is 32.1. The Hall–Kier alpha value is -0.540. The molecule has 0 amide bonds. The molecule has 1 atom stereocenters. The molecule has 0 spiro atoms. The zero-order chi connectivity index (χ0) is 10.1. The molecule has 0 bridgehead atoms. The van der Waals surface area contributed by atoms with Gasteiger partial charge in [-0.15, -0.1) is 12.6 Å². The predicted octanol–water partition coefficient (Wildman–Crippen LogP) is 2.82. The van der Waals surface area contributed by atoms with Gasteiger partial charge in [0.25, 0.3) is 0 Å². The van der Waals surface area contributed by atoms with E-state index < -0.39 is 0 Å². The van der Waals surface area contributed by atoms with Gasteiger partial charge in [-0.3, -0.25) is 0 Å². The zero-order valence-electron chi connectivity index (χ0n) is 8.10. The van der Waals surface area contributed by atoms with Crippen molar-refractivity contribution in [2.24, 2.45) is 0 Å². The van der Waals surface area contributed by atoms with Crippen LogP contribution in [0.5, 0.6) is 0 Å². The molecule has 1 unspecified atom stereocenters. The molecule has 0 saturated heterocycles. The minimum Gasteiger partial charge on any atom is -0.351 e. The van der Waals surface area contributed by atoms with Crippen LogP contribution >= 0.6 is 24.8 Å². The number of benzene rings is 1. The minimum atomic E-state index is 0.366. The van der Waals surface area contributed by atoms with E-state index in [4.69, 9.17) is 12.2 Å². The summed E-state index contributed by atoms with van der Waals surface area (Å²) in [5.41, 5.74) is 2.83. The van der Waals surface area contributed by atoms with Gasteiger partial charge in [-0.1, -0.05) is 36.5 Å². The standard InChI is InChI=1S/C11H13NS2/c1-8-10-5-3-2-4-9(10)6-7-12(8)11(13)14/h2-5,8H,6-7H2,1H3,(H,13,14). The summed E-state index contributed by atoms with van der Waals surface area (Å²) in [6, 6.07) is 8.92. The molecule has 0 N–H and O–H groups in total. The lowest BCUT2D eigenvalue weighted by atomic mass is 9.94. The van der Waals surface area contributed by atoms with E-state index in [9.17, 15) is 0 Å². The smallest absolute Gasteiger partial charge is 0.133 e. The van der Waals surface area contributed by atoms with E-state index in [0.717, 1.165) is 13.0 Å². The maximum atomic E-state index is 5.11. The first-order valence-corrected chi connectivity index (χ1v) is 5.63. The Kier molecular flexibility index (Phi) is 2.79. The maximum Gasteiger partial charge on any atom is 0.133 e. The van der Waals surface area contributed by atoms with Gasteiger partial charge in [0.2, 0.25) is 0 Å². The van der Waals surface area contributed by atoms with Crippen molar-refractivity contribution in [3.63, 3.8) is 0 Å². The van der Waals surface area contributed by atoms with Crippen LogP contribution in [0.4, 0.5) is 0 Å². The molecule has 1 nitrogen and oxygen atoms in total. The monoisotopic (exact) mass is 223 g/mol. The van der Waals surface area contributed by atoms with Crippen molar-refractivity contribution in [3.05, 3.63) is 35.4 Å². The van der Waals surface area contributed by atoms with Gasteiger partial charge in [-0.05, 0) is 24.5 Å². The van der Waals surface area contributed by atoms with Crippen LogP contribution in [-0.2, 0) is 6.42 Å². The maximum absolute atomic E-state index is 5.11. The van der Waals surface area contributed by atoms with Gasteiger partial charge >= 0.3 is 0 Å². The van der Waals surface area contributed by atoms with E-state index in [-0.39, 0.29) is 0 Å². The fourth-order valence-electron chi connectivity index (χ4n) is 2.03. The van der Waals surface area contributed by atoms with Crippen LogP contribution in [0.1, 0.15) is 24.1 Å². The summed E-state index contributed by atoms with van der Waals surface area (Å²) in [6.45, 7) is 3.17. The van der Waals surface area contributed by atoms with Crippen LogP contribution in [-0.4, -0.2) is 15.8 Å². The summed E-state index contributed by atoms with van der Waals surface area (Å²) in [4.78, 5) is 2.17. The fraction of sp³-hybridized carbons (Fsp3) is 0.364. The molecule has 0 saturated carbocycles. The molecule has 1 aromatic rings. The topological polar surface area (TPSA) is 3.24 Å². The van der Waals surface area contributed by atoms with Crippen molar-refractivity contribution in [1.82, 2.24) is 4.90 Å². The van der Waals surface area contributed by atoms with E-state index in [2.05, 4.69) is 48.7 Å². The molecular weight excluding hydrogens is 210 g/mol. The predicted molar refractivity (Wildman–Crippen MR) is 66.9 cm³/mol.